The lowest BCUT2D eigenvalue weighted by atomic mass is 10.1. The van der Waals surface area contributed by atoms with Crippen LogP contribution in [0.25, 0.3) is 0 Å². The van der Waals surface area contributed by atoms with Crippen molar-refractivity contribution in [3.8, 4) is 0 Å². The quantitative estimate of drug-likeness (QED) is 0.822. The van der Waals surface area contributed by atoms with Crippen molar-refractivity contribution >= 4 is 17.5 Å². The molecule has 3 rings (SSSR count). The molecule has 0 amide bonds. The summed E-state index contributed by atoms with van der Waals surface area (Å²) in [6, 6.07) is 8.24. The van der Waals surface area contributed by atoms with E-state index in [9.17, 15) is 0 Å². The molecule has 6 heteroatoms. The molecule has 0 unspecified atom stereocenters. The predicted octanol–water partition coefficient (Wildman–Crippen LogP) is 3.12. The smallest absolute Gasteiger partial charge is 0.225 e. The molecular formula is C19H26ClN5. The number of nitrogens with one attached hydrogen (secondary N) is 1. The molecule has 0 spiro atoms. The Morgan fingerprint density at radius 1 is 1.16 bits per heavy atom. The minimum absolute atomic E-state index is 0.221. The third-order valence-electron chi connectivity index (χ3n) is 4.63. The molecule has 1 aliphatic rings. The maximum absolute atomic E-state index is 6.36. The maximum atomic E-state index is 6.36. The van der Waals surface area contributed by atoms with E-state index in [4.69, 9.17) is 11.6 Å². The van der Waals surface area contributed by atoms with E-state index in [0.29, 0.717) is 0 Å². The molecule has 1 aromatic carbocycles. The number of anilines is 1. The summed E-state index contributed by atoms with van der Waals surface area (Å²) >= 11 is 6.36. The number of likely N-dealkylation sites (N-methyl/N-ethyl adjacent to an activating group) is 1. The van der Waals surface area contributed by atoms with Gasteiger partial charge in [0.1, 0.15) is 0 Å². The van der Waals surface area contributed by atoms with Crippen LogP contribution < -0.4 is 10.2 Å². The molecule has 25 heavy (non-hydrogen) atoms. The van der Waals surface area contributed by atoms with Gasteiger partial charge in [-0.15, -0.1) is 0 Å². The Hall–Kier alpha value is -1.69. The molecule has 2 aromatic rings. The Balaban J connectivity index is 1.56. The molecule has 5 nitrogen and oxygen atoms in total. The van der Waals surface area contributed by atoms with E-state index in [0.717, 1.165) is 48.3 Å². The highest BCUT2D eigenvalue weighted by atomic mass is 35.5. The third kappa shape index (κ3) is 4.69. The zero-order valence-corrected chi connectivity index (χ0v) is 15.7. The van der Waals surface area contributed by atoms with Gasteiger partial charge in [0.25, 0.3) is 0 Å². The number of hydrogen-bond donors (Lipinski definition) is 1. The van der Waals surface area contributed by atoms with Crippen molar-refractivity contribution < 1.29 is 0 Å². The van der Waals surface area contributed by atoms with E-state index < -0.39 is 0 Å². The first-order chi connectivity index (χ1) is 12.1. The van der Waals surface area contributed by atoms with Crippen LogP contribution in [0.5, 0.6) is 0 Å². The summed E-state index contributed by atoms with van der Waals surface area (Å²) in [7, 11) is 4.15. The first kappa shape index (κ1) is 18.1. The maximum Gasteiger partial charge on any atom is 0.225 e. The van der Waals surface area contributed by atoms with Gasteiger partial charge < -0.3 is 15.1 Å². The van der Waals surface area contributed by atoms with Gasteiger partial charge in [-0.05, 0) is 38.6 Å². The number of benzene rings is 1. The summed E-state index contributed by atoms with van der Waals surface area (Å²) in [5.74, 6) is 0.850. The molecule has 1 saturated heterocycles. The fourth-order valence-electron chi connectivity index (χ4n) is 3.19. The number of rotatable bonds is 7. The SMILES string of the molecule is CN(C)[C@@H](CNCc1cnc(N2CCCC2)nc1)c1ccccc1Cl. The van der Waals surface area contributed by atoms with E-state index in [1.807, 2.05) is 30.6 Å². The molecule has 1 aromatic heterocycles. The first-order valence-electron chi connectivity index (χ1n) is 8.82. The van der Waals surface area contributed by atoms with E-state index in [1.165, 1.54) is 12.8 Å². The molecule has 2 heterocycles. The van der Waals surface area contributed by atoms with Crippen molar-refractivity contribution in [3.05, 3.63) is 52.8 Å². The van der Waals surface area contributed by atoms with Crippen LogP contribution in [-0.4, -0.2) is 48.6 Å². The van der Waals surface area contributed by atoms with Gasteiger partial charge in [0.2, 0.25) is 5.95 Å². The molecule has 0 saturated carbocycles. The van der Waals surface area contributed by atoms with Gasteiger partial charge in [-0.1, -0.05) is 29.8 Å². The second-order valence-electron chi connectivity index (χ2n) is 6.72. The summed E-state index contributed by atoms with van der Waals surface area (Å²) in [6.45, 7) is 3.69. The highest BCUT2D eigenvalue weighted by Crippen LogP contribution is 2.25. The Morgan fingerprint density at radius 3 is 2.48 bits per heavy atom. The van der Waals surface area contributed by atoms with Gasteiger partial charge in [-0.25, -0.2) is 9.97 Å². The van der Waals surface area contributed by atoms with Crippen LogP contribution in [0, 0.1) is 0 Å². The Morgan fingerprint density at radius 2 is 1.84 bits per heavy atom. The number of aromatic nitrogens is 2. The second-order valence-corrected chi connectivity index (χ2v) is 7.12. The molecule has 1 fully saturated rings. The van der Waals surface area contributed by atoms with Crippen LogP contribution in [0.15, 0.2) is 36.7 Å². The van der Waals surface area contributed by atoms with Gasteiger partial charge in [0.05, 0.1) is 0 Å². The van der Waals surface area contributed by atoms with Gasteiger partial charge in [-0.3, -0.25) is 0 Å². The topological polar surface area (TPSA) is 44.3 Å². The van der Waals surface area contributed by atoms with E-state index in [2.05, 4.69) is 45.2 Å². The van der Waals surface area contributed by atoms with E-state index >= 15 is 0 Å². The number of hydrogen-bond acceptors (Lipinski definition) is 5. The normalized spacial score (nSPS) is 15.8. The van der Waals surface area contributed by atoms with Gasteiger partial charge in [0.15, 0.2) is 0 Å². The monoisotopic (exact) mass is 359 g/mol. The molecule has 134 valence electrons. The molecule has 0 bridgehead atoms. The fraction of sp³-hybridized carbons (Fsp3) is 0.474. The van der Waals surface area contributed by atoms with E-state index in [-0.39, 0.29) is 6.04 Å². The van der Waals surface area contributed by atoms with E-state index in [1.54, 1.807) is 0 Å². The molecule has 1 aliphatic heterocycles. The summed E-state index contributed by atoms with van der Waals surface area (Å²) in [4.78, 5) is 13.4. The molecule has 1 N–H and O–H groups in total. The molecule has 0 radical (unpaired) electrons. The molecule has 0 aliphatic carbocycles. The lowest BCUT2D eigenvalue weighted by molar-refractivity contribution is 0.288. The third-order valence-corrected chi connectivity index (χ3v) is 4.98. The van der Waals surface area contributed by atoms with Crippen molar-refractivity contribution in [2.45, 2.75) is 25.4 Å². The second kappa shape index (κ2) is 8.61. The van der Waals surface area contributed by atoms with Crippen LogP contribution >= 0.6 is 11.6 Å². The van der Waals surface area contributed by atoms with Gasteiger partial charge in [0, 0.05) is 55.2 Å². The Labute approximate surface area is 155 Å². The van der Waals surface area contributed by atoms with Crippen molar-refractivity contribution in [2.75, 3.05) is 38.6 Å². The minimum atomic E-state index is 0.221. The minimum Gasteiger partial charge on any atom is -0.341 e. The fourth-order valence-corrected chi connectivity index (χ4v) is 3.45. The van der Waals surface area contributed by atoms with Gasteiger partial charge >= 0.3 is 0 Å². The number of halogens is 1. The zero-order valence-electron chi connectivity index (χ0n) is 15.0. The lowest BCUT2D eigenvalue weighted by Gasteiger charge is -2.26. The summed E-state index contributed by atoms with van der Waals surface area (Å²) in [5.41, 5.74) is 2.24. The van der Waals surface area contributed by atoms with Crippen LogP contribution in [0.4, 0.5) is 5.95 Å². The largest absolute Gasteiger partial charge is 0.341 e. The van der Waals surface area contributed by atoms with Crippen LogP contribution in [-0.2, 0) is 6.54 Å². The van der Waals surface area contributed by atoms with Crippen molar-refractivity contribution in [2.24, 2.45) is 0 Å². The number of nitrogens with zero attached hydrogens (tertiary/aromatic N) is 4. The predicted molar refractivity (Wildman–Crippen MR) is 103 cm³/mol. The van der Waals surface area contributed by atoms with Crippen molar-refractivity contribution in [3.63, 3.8) is 0 Å². The average molecular weight is 360 g/mol. The lowest BCUT2D eigenvalue weighted by Crippen LogP contribution is -2.31. The summed E-state index contributed by atoms with van der Waals surface area (Å²) < 4.78 is 0. The van der Waals surface area contributed by atoms with Crippen molar-refractivity contribution in [1.29, 1.82) is 0 Å². The first-order valence-corrected chi connectivity index (χ1v) is 9.20. The van der Waals surface area contributed by atoms with Gasteiger partial charge in [-0.2, -0.15) is 0 Å². The zero-order chi connectivity index (χ0) is 17.6. The van der Waals surface area contributed by atoms with Crippen LogP contribution in [0.3, 0.4) is 0 Å². The van der Waals surface area contributed by atoms with Crippen molar-refractivity contribution in [1.82, 2.24) is 20.2 Å². The van der Waals surface area contributed by atoms with Crippen LogP contribution in [0.2, 0.25) is 5.02 Å². The highest BCUT2D eigenvalue weighted by Gasteiger charge is 2.17. The average Bonchev–Trinajstić information content (AvgIpc) is 3.14. The standard InChI is InChI=1S/C19H26ClN5/c1-24(2)18(16-7-3-4-8-17(16)20)14-21-11-15-12-22-19(23-13-15)25-9-5-6-10-25/h3-4,7-8,12-13,18,21H,5-6,9-11,14H2,1-2H3/t18-/m0/s1. The highest BCUT2D eigenvalue weighted by molar-refractivity contribution is 6.31. The summed E-state index contributed by atoms with van der Waals surface area (Å²) in [5, 5.41) is 4.31. The molecular weight excluding hydrogens is 334 g/mol. The summed E-state index contributed by atoms with van der Waals surface area (Å²) in [6.07, 6.45) is 6.32. The Bertz CT molecular complexity index is 668. The Kier molecular flexibility index (Phi) is 6.24. The van der Waals surface area contributed by atoms with Crippen LogP contribution in [0.1, 0.15) is 30.0 Å². The molecule has 1 atom stereocenters.